The van der Waals surface area contributed by atoms with Crippen LogP contribution in [0, 0.1) is 6.92 Å². The van der Waals surface area contributed by atoms with Crippen LogP contribution in [0.3, 0.4) is 0 Å². The smallest absolute Gasteiger partial charge is 0.354 e. The molecule has 1 unspecified atom stereocenters. The lowest BCUT2D eigenvalue weighted by atomic mass is 10.3. The van der Waals surface area contributed by atoms with Gasteiger partial charge in [0, 0.05) is 11.1 Å². The minimum Gasteiger partial charge on any atom is -0.477 e. The average Bonchev–Trinajstić information content (AvgIpc) is 2.76. The number of hydrogen-bond donors (Lipinski definition) is 2. The van der Waals surface area contributed by atoms with E-state index in [0.717, 1.165) is 9.88 Å². The van der Waals surface area contributed by atoms with Gasteiger partial charge in [-0.2, -0.15) is 0 Å². The lowest BCUT2D eigenvalue weighted by molar-refractivity contribution is 0.0690. The molecule has 0 spiro atoms. The molecule has 0 aromatic carbocycles. The predicted molar refractivity (Wildman–Crippen MR) is 70.1 cm³/mol. The minimum atomic E-state index is -1.03. The zero-order chi connectivity index (χ0) is 13.1. The van der Waals surface area contributed by atoms with Crippen LogP contribution in [0.2, 0.25) is 0 Å². The molecule has 18 heavy (non-hydrogen) atoms. The summed E-state index contributed by atoms with van der Waals surface area (Å²) in [6.45, 7) is 3.96. The molecule has 0 amide bonds. The van der Waals surface area contributed by atoms with Crippen LogP contribution < -0.4 is 5.32 Å². The van der Waals surface area contributed by atoms with Gasteiger partial charge in [0.05, 0.1) is 6.04 Å². The summed E-state index contributed by atoms with van der Waals surface area (Å²) >= 11 is 1.61. The third-order valence-electron chi connectivity index (χ3n) is 2.34. The molecule has 2 N–H and O–H groups in total. The standard InChI is InChI=1S/C12H13N3O2S/c1-7-6-13-11(18-7)8(2)14-10-5-3-4-9(15-10)12(16)17/h3-6,8H,1-2H3,(H,14,15)(H,16,17). The van der Waals surface area contributed by atoms with E-state index in [1.165, 1.54) is 6.07 Å². The molecule has 0 aliphatic heterocycles. The van der Waals surface area contributed by atoms with Crippen molar-refractivity contribution in [3.8, 4) is 0 Å². The summed E-state index contributed by atoms with van der Waals surface area (Å²) < 4.78 is 0. The lowest BCUT2D eigenvalue weighted by Crippen LogP contribution is -2.09. The van der Waals surface area contributed by atoms with E-state index in [2.05, 4.69) is 15.3 Å². The molecule has 5 nitrogen and oxygen atoms in total. The Hall–Kier alpha value is -1.95. The van der Waals surface area contributed by atoms with Crippen molar-refractivity contribution in [1.29, 1.82) is 0 Å². The SMILES string of the molecule is Cc1cnc(C(C)Nc2cccc(C(=O)O)n2)s1. The van der Waals surface area contributed by atoms with Crippen LogP contribution in [-0.2, 0) is 0 Å². The van der Waals surface area contributed by atoms with Crippen molar-refractivity contribution in [2.24, 2.45) is 0 Å². The van der Waals surface area contributed by atoms with Gasteiger partial charge in [0.2, 0.25) is 0 Å². The maximum absolute atomic E-state index is 10.8. The van der Waals surface area contributed by atoms with Gasteiger partial charge in [-0.15, -0.1) is 11.3 Å². The first kappa shape index (κ1) is 12.5. The molecular formula is C12H13N3O2S. The molecule has 6 heteroatoms. The second kappa shape index (κ2) is 5.14. The van der Waals surface area contributed by atoms with Crippen molar-refractivity contribution in [1.82, 2.24) is 9.97 Å². The Labute approximate surface area is 109 Å². The third kappa shape index (κ3) is 2.84. The number of hydrogen-bond acceptors (Lipinski definition) is 5. The molecule has 0 fully saturated rings. The quantitative estimate of drug-likeness (QED) is 0.887. The van der Waals surface area contributed by atoms with E-state index in [0.29, 0.717) is 5.82 Å². The van der Waals surface area contributed by atoms with Gasteiger partial charge >= 0.3 is 5.97 Å². The zero-order valence-corrected chi connectivity index (χ0v) is 10.9. The van der Waals surface area contributed by atoms with Crippen LogP contribution in [-0.4, -0.2) is 21.0 Å². The molecule has 0 saturated heterocycles. The first-order chi connectivity index (χ1) is 8.56. The van der Waals surface area contributed by atoms with Crippen molar-refractivity contribution in [2.75, 3.05) is 5.32 Å². The molecule has 2 aromatic heterocycles. The number of carbonyl (C=O) groups is 1. The normalized spacial score (nSPS) is 12.1. The zero-order valence-electron chi connectivity index (χ0n) is 10.0. The Morgan fingerprint density at radius 2 is 2.28 bits per heavy atom. The number of aryl methyl sites for hydroxylation is 1. The van der Waals surface area contributed by atoms with Crippen molar-refractivity contribution >= 4 is 23.1 Å². The third-order valence-corrected chi connectivity index (χ3v) is 3.44. The highest BCUT2D eigenvalue weighted by Gasteiger charge is 2.11. The van der Waals surface area contributed by atoms with Gasteiger partial charge in [0.15, 0.2) is 5.69 Å². The molecule has 0 aliphatic carbocycles. The average molecular weight is 263 g/mol. The molecule has 2 heterocycles. The second-order valence-electron chi connectivity index (χ2n) is 3.89. The number of anilines is 1. The molecule has 1 atom stereocenters. The summed E-state index contributed by atoms with van der Waals surface area (Å²) in [5.74, 6) is -0.494. The summed E-state index contributed by atoms with van der Waals surface area (Å²) in [5, 5.41) is 13.0. The van der Waals surface area contributed by atoms with Gasteiger partial charge in [0.1, 0.15) is 10.8 Å². The highest BCUT2D eigenvalue weighted by atomic mass is 32.1. The van der Waals surface area contributed by atoms with Crippen LogP contribution in [0.4, 0.5) is 5.82 Å². The van der Waals surface area contributed by atoms with Gasteiger partial charge < -0.3 is 10.4 Å². The van der Waals surface area contributed by atoms with Gasteiger partial charge in [-0.25, -0.2) is 14.8 Å². The number of carboxylic acid groups (broad SMARTS) is 1. The van der Waals surface area contributed by atoms with Crippen LogP contribution in [0.5, 0.6) is 0 Å². The molecule has 0 bridgehead atoms. The van der Waals surface area contributed by atoms with E-state index < -0.39 is 5.97 Å². The number of thiazole rings is 1. The summed E-state index contributed by atoms with van der Waals surface area (Å²) in [7, 11) is 0. The molecule has 94 valence electrons. The highest BCUT2D eigenvalue weighted by molar-refractivity contribution is 7.11. The molecule has 0 radical (unpaired) electrons. The van der Waals surface area contributed by atoms with Crippen LogP contribution >= 0.6 is 11.3 Å². The van der Waals surface area contributed by atoms with E-state index in [4.69, 9.17) is 5.11 Å². The monoisotopic (exact) mass is 263 g/mol. The molecule has 2 aromatic rings. The van der Waals surface area contributed by atoms with E-state index in [9.17, 15) is 4.79 Å². The number of pyridine rings is 1. The largest absolute Gasteiger partial charge is 0.477 e. The van der Waals surface area contributed by atoms with Gasteiger partial charge in [0.25, 0.3) is 0 Å². The fraction of sp³-hybridized carbons (Fsp3) is 0.250. The van der Waals surface area contributed by atoms with Crippen molar-refractivity contribution in [3.63, 3.8) is 0 Å². The number of nitrogens with one attached hydrogen (secondary N) is 1. The second-order valence-corrected chi connectivity index (χ2v) is 5.15. The van der Waals surface area contributed by atoms with Crippen LogP contribution in [0.15, 0.2) is 24.4 Å². The Bertz CT molecular complexity index is 568. The lowest BCUT2D eigenvalue weighted by Gasteiger charge is -2.11. The number of aromatic carboxylic acids is 1. The van der Waals surface area contributed by atoms with E-state index >= 15 is 0 Å². The molecule has 2 rings (SSSR count). The Balaban J connectivity index is 2.14. The van der Waals surface area contributed by atoms with Gasteiger partial charge in [-0.3, -0.25) is 0 Å². The summed E-state index contributed by atoms with van der Waals surface area (Å²) in [6.07, 6.45) is 1.82. The maximum Gasteiger partial charge on any atom is 0.354 e. The van der Waals surface area contributed by atoms with Crippen LogP contribution in [0.1, 0.15) is 33.3 Å². The van der Waals surface area contributed by atoms with E-state index in [1.54, 1.807) is 23.5 Å². The Morgan fingerprint density at radius 3 is 2.89 bits per heavy atom. The van der Waals surface area contributed by atoms with Gasteiger partial charge in [-0.1, -0.05) is 6.07 Å². The predicted octanol–water partition coefficient (Wildman–Crippen LogP) is 2.72. The summed E-state index contributed by atoms with van der Waals surface area (Å²) in [6, 6.07) is 4.87. The van der Waals surface area contributed by atoms with E-state index in [1.807, 2.05) is 20.0 Å². The summed E-state index contributed by atoms with van der Waals surface area (Å²) in [5.41, 5.74) is 0.0301. The number of rotatable bonds is 4. The molecular weight excluding hydrogens is 250 g/mol. The van der Waals surface area contributed by atoms with Gasteiger partial charge in [-0.05, 0) is 26.0 Å². The number of aromatic nitrogens is 2. The maximum atomic E-state index is 10.8. The van der Waals surface area contributed by atoms with Crippen LogP contribution in [0.25, 0.3) is 0 Å². The van der Waals surface area contributed by atoms with Crippen molar-refractivity contribution in [3.05, 3.63) is 40.0 Å². The molecule has 0 aliphatic rings. The number of carboxylic acids is 1. The Kier molecular flexibility index (Phi) is 3.57. The topological polar surface area (TPSA) is 75.1 Å². The minimum absolute atomic E-state index is 0.000227. The van der Waals surface area contributed by atoms with Crippen molar-refractivity contribution in [2.45, 2.75) is 19.9 Å². The first-order valence-corrected chi connectivity index (χ1v) is 6.27. The van der Waals surface area contributed by atoms with Crippen molar-refractivity contribution < 1.29 is 9.90 Å². The van der Waals surface area contributed by atoms with E-state index in [-0.39, 0.29) is 11.7 Å². The summed E-state index contributed by atoms with van der Waals surface area (Å²) in [4.78, 5) is 20.2. The number of nitrogens with zero attached hydrogens (tertiary/aromatic N) is 2. The first-order valence-electron chi connectivity index (χ1n) is 5.45. The highest BCUT2D eigenvalue weighted by Crippen LogP contribution is 2.22. The molecule has 0 saturated carbocycles. The fourth-order valence-electron chi connectivity index (χ4n) is 1.49. The fourth-order valence-corrected chi connectivity index (χ4v) is 2.27. The Morgan fingerprint density at radius 1 is 1.50 bits per heavy atom.